The van der Waals surface area contributed by atoms with Crippen LogP contribution in [0.4, 0.5) is 5.69 Å². The lowest BCUT2D eigenvalue weighted by atomic mass is 10.3. The molecular weight excluding hydrogens is 256 g/mol. The number of hydrogen-bond acceptors (Lipinski definition) is 5. The second kappa shape index (κ2) is 6.58. The Labute approximate surface area is 107 Å². The molecule has 0 aromatic heterocycles. The van der Waals surface area contributed by atoms with Gasteiger partial charge in [0.2, 0.25) is 10.0 Å². The first-order valence-electron chi connectivity index (χ1n) is 5.53. The number of nitrogens with two attached hydrogens (primary N) is 1. The van der Waals surface area contributed by atoms with Gasteiger partial charge in [0, 0.05) is 12.2 Å². The molecule has 102 valence electrons. The van der Waals surface area contributed by atoms with Gasteiger partial charge in [-0.2, -0.15) is 0 Å². The summed E-state index contributed by atoms with van der Waals surface area (Å²) in [5.74, 6) is 0.402. The molecule has 0 radical (unpaired) electrons. The van der Waals surface area contributed by atoms with Crippen molar-refractivity contribution in [2.45, 2.75) is 13.0 Å². The molecule has 1 aromatic carbocycles. The van der Waals surface area contributed by atoms with Crippen LogP contribution in [-0.4, -0.2) is 38.5 Å². The van der Waals surface area contributed by atoms with Crippen molar-refractivity contribution in [3.05, 3.63) is 24.3 Å². The van der Waals surface area contributed by atoms with Gasteiger partial charge in [-0.1, -0.05) is 0 Å². The van der Waals surface area contributed by atoms with Crippen molar-refractivity contribution < 1.29 is 18.3 Å². The SMILES string of the molecule is C[C@@H](O)CNS(=O)(=O)CCOc1ccc(N)cc1. The standard InChI is InChI=1S/C11H18N2O4S/c1-9(14)8-13-18(15,16)7-6-17-11-4-2-10(12)3-5-11/h2-5,9,13-14H,6-8,12H2,1H3/t9-/m1/s1. The van der Waals surface area contributed by atoms with Gasteiger partial charge in [-0.15, -0.1) is 0 Å². The fourth-order valence-electron chi connectivity index (χ4n) is 1.15. The molecule has 0 aliphatic heterocycles. The van der Waals surface area contributed by atoms with E-state index in [4.69, 9.17) is 15.6 Å². The van der Waals surface area contributed by atoms with Crippen molar-refractivity contribution in [1.82, 2.24) is 4.72 Å². The van der Waals surface area contributed by atoms with E-state index >= 15 is 0 Å². The van der Waals surface area contributed by atoms with Gasteiger partial charge in [0.25, 0.3) is 0 Å². The normalized spacial score (nSPS) is 13.2. The maximum absolute atomic E-state index is 11.5. The van der Waals surface area contributed by atoms with Gasteiger partial charge < -0.3 is 15.6 Å². The number of rotatable bonds is 7. The highest BCUT2D eigenvalue weighted by Crippen LogP contribution is 2.12. The molecule has 0 spiro atoms. The molecule has 0 aliphatic rings. The van der Waals surface area contributed by atoms with E-state index in [0.29, 0.717) is 11.4 Å². The van der Waals surface area contributed by atoms with Crippen molar-refractivity contribution in [2.75, 3.05) is 24.6 Å². The van der Waals surface area contributed by atoms with Gasteiger partial charge in [-0.3, -0.25) is 0 Å². The molecule has 1 aromatic rings. The Morgan fingerprint density at radius 3 is 2.56 bits per heavy atom. The number of hydrogen-bond donors (Lipinski definition) is 3. The predicted molar refractivity (Wildman–Crippen MR) is 69.8 cm³/mol. The van der Waals surface area contributed by atoms with Crippen molar-refractivity contribution in [2.24, 2.45) is 0 Å². The Hall–Kier alpha value is -1.31. The van der Waals surface area contributed by atoms with Crippen LogP contribution in [-0.2, 0) is 10.0 Å². The molecule has 1 atom stereocenters. The summed E-state index contributed by atoms with van der Waals surface area (Å²) in [6.07, 6.45) is -0.710. The number of nitrogens with one attached hydrogen (secondary N) is 1. The highest BCUT2D eigenvalue weighted by atomic mass is 32.2. The minimum atomic E-state index is -3.41. The Balaban J connectivity index is 2.34. The zero-order chi connectivity index (χ0) is 13.6. The highest BCUT2D eigenvalue weighted by molar-refractivity contribution is 7.89. The largest absolute Gasteiger partial charge is 0.492 e. The Morgan fingerprint density at radius 1 is 1.39 bits per heavy atom. The molecule has 0 fully saturated rings. The summed E-state index contributed by atoms with van der Waals surface area (Å²) in [5.41, 5.74) is 6.13. The van der Waals surface area contributed by atoms with Gasteiger partial charge in [0.05, 0.1) is 11.9 Å². The van der Waals surface area contributed by atoms with Gasteiger partial charge >= 0.3 is 0 Å². The molecule has 1 rings (SSSR count). The van der Waals surface area contributed by atoms with Crippen LogP contribution in [0.1, 0.15) is 6.92 Å². The molecule has 6 nitrogen and oxygen atoms in total. The molecule has 0 bridgehead atoms. The Kier molecular flexibility index (Phi) is 5.39. The molecule has 7 heteroatoms. The number of ether oxygens (including phenoxy) is 1. The van der Waals surface area contributed by atoms with Crippen LogP contribution in [0.15, 0.2) is 24.3 Å². The quantitative estimate of drug-likeness (QED) is 0.605. The van der Waals surface area contributed by atoms with Crippen molar-refractivity contribution in [3.8, 4) is 5.75 Å². The zero-order valence-electron chi connectivity index (χ0n) is 10.2. The third-order valence-electron chi connectivity index (χ3n) is 2.10. The van der Waals surface area contributed by atoms with E-state index in [1.54, 1.807) is 24.3 Å². The highest BCUT2D eigenvalue weighted by Gasteiger charge is 2.11. The van der Waals surface area contributed by atoms with Crippen LogP contribution in [0.5, 0.6) is 5.75 Å². The van der Waals surface area contributed by atoms with E-state index in [1.165, 1.54) is 6.92 Å². The summed E-state index contributed by atoms with van der Waals surface area (Å²) < 4.78 is 30.5. The summed E-state index contributed by atoms with van der Waals surface area (Å²) >= 11 is 0. The molecule has 18 heavy (non-hydrogen) atoms. The number of sulfonamides is 1. The van der Waals surface area contributed by atoms with Crippen molar-refractivity contribution in [1.29, 1.82) is 0 Å². The average Bonchev–Trinajstić information content (AvgIpc) is 2.29. The van der Waals surface area contributed by atoms with Crippen LogP contribution in [0.2, 0.25) is 0 Å². The fraction of sp³-hybridized carbons (Fsp3) is 0.455. The summed E-state index contributed by atoms with van der Waals surface area (Å²) in [6.45, 7) is 1.55. The monoisotopic (exact) mass is 274 g/mol. The lowest BCUT2D eigenvalue weighted by Gasteiger charge is -2.09. The number of aliphatic hydroxyl groups is 1. The smallest absolute Gasteiger partial charge is 0.215 e. The topological polar surface area (TPSA) is 102 Å². The predicted octanol–water partition coefficient (Wildman–Crippen LogP) is -0.0522. The van der Waals surface area contributed by atoms with E-state index in [0.717, 1.165) is 0 Å². The lowest BCUT2D eigenvalue weighted by Crippen LogP contribution is -2.34. The first kappa shape index (κ1) is 14.7. The third kappa shape index (κ3) is 5.85. The summed E-state index contributed by atoms with van der Waals surface area (Å²) in [5, 5.41) is 8.98. The van der Waals surface area contributed by atoms with Gasteiger partial charge in [-0.05, 0) is 31.2 Å². The second-order valence-corrected chi connectivity index (χ2v) is 5.86. The van der Waals surface area contributed by atoms with Gasteiger partial charge in [0.1, 0.15) is 12.4 Å². The summed E-state index contributed by atoms with van der Waals surface area (Å²) in [4.78, 5) is 0. The van der Waals surface area contributed by atoms with E-state index in [-0.39, 0.29) is 18.9 Å². The van der Waals surface area contributed by atoms with Crippen LogP contribution < -0.4 is 15.2 Å². The minimum absolute atomic E-state index is 0.00417. The molecule has 4 N–H and O–H groups in total. The van der Waals surface area contributed by atoms with Crippen LogP contribution in [0.3, 0.4) is 0 Å². The maximum Gasteiger partial charge on any atom is 0.215 e. The molecule has 0 aliphatic carbocycles. The maximum atomic E-state index is 11.5. The minimum Gasteiger partial charge on any atom is -0.492 e. The number of aliphatic hydroxyl groups excluding tert-OH is 1. The molecule has 0 saturated heterocycles. The molecular formula is C11H18N2O4S. The second-order valence-electron chi connectivity index (χ2n) is 3.93. The molecule has 0 saturated carbocycles. The summed E-state index contributed by atoms with van der Waals surface area (Å²) in [7, 11) is -3.41. The van der Waals surface area contributed by atoms with E-state index in [9.17, 15) is 8.42 Å². The Morgan fingerprint density at radius 2 is 2.00 bits per heavy atom. The number of benzene rings is 1. The van der Waals surface area contributed by atoms with E-state index < -0.39 is 16.1 Å². The first-order valence-corrected chi connectivity index (χ1v) is 7.18. The Bertz CT molecular complexity index is 456. The zero-order valence-corrected chi connectivity index (χ0v) is 11.0. The third-order valence-corrected chi connectivity index (χ3v) is 3.41. The van der Waals surface area contributed by atoms with Crippen molar-refractivity contribution >= 4 is 15.7 Å². The molecule has 0 heterocycles. The molecule has 0 unspecified atom stereocenters. The number of anilines is 1. The lowest BCUT2D eigenvalue weighted by molar-refractivity contribution is 0.198. The fourth-order valence-corrected chi connectivity index (χ4v) is 2.10. The van der Waals surface area contributed by atoms with E-state index in [1.807, 2.05) is 0 Å². The van der Waals surface area contributed by atoms with Crippen LogP contribution >= 0.6 is 0 Å². The first-order chi connectivity index (χ1) is 8.39. The van der Waals surface area contributed by atoms with Crippen LogP contribution in [0, 0.1) is 0 Å². The average molecular weight is 274 g/mol. The van der Waals surface area contributed by atoms with Gasteiger partial charge in [-0.25, -0.2) is 13.1 Å². The summed E-state index contributed by atoms with van der Waals surface area (Å²) in [6, 6.07) is 6.70. The van der Waals surface area contributed by atoms with Crippen molar-refractivity contribution in [3.63, 3.8) is 0 Å². The van der Waals surface area contributed by atoms with Gasteiger partial charge in [0.15, 0.2) is 0 Å². The van der Waals surface area contributed by atoms with E-state index in [2.05, 4.69) is 4.72 Å². The number of nitrogen functional groups attached to an aromatic ring is 1. The van der Waals surface area contributed by atoms with Crippen LogP contribution in [0.25, 0.3) is 0 Å². The molecule has 0 amide bonds.